The Morgan fingerprint density at radius 1 is 1.00 bits per heavy atom. The Kier molecular flexibility index (Phi) is 3.86. The van der Waals surface area contributed by atoms with Crippen LogP contribution in [0.5, 0.6) is 0 Å². The van der Waals surface area contributed by atoms with Gasteiger partial charge in [-0.05, 0) is 37.0 Å². The molecule has 0 unspecified atom stereocenters. The highest BCUT2D eigenvalue weighted by Crippen LogP contribution is 2.18. The van der Waals surface area contributed by atoms with E-state index < -0.39 is 0 Å². The highest BCUT2D eigenvalue weighted by atomic mass is 16.2. The number of aromatic amines is 1. The summed E-state index contributed by atoms with van der Waals surface area (Å²) in [5.74, 6) is 0.0998. The summed E-state index contributed by atoms with van der Waals surface area (Å²) in [6, 6.07) is 10.5. The van der Waals surface area contributed by atoms with Crippen molar-refractivity contribution in [2.75, 3.05) is 13.1 Å². The number of rotatable bonds is 2. The van der Waals surface area contributed by atoms with Gasteiger partial charge in [0.05, 0.1) is 0 Å². The number of nitrogens with zero attached hydrogens (tertiary/aromatic N) is 1. The second-order valence-corrected chi connectivity index (χ2v) is 5.37. The van der Waals surface area contributed by atoms with Crippen molar-refractivity contribution in [1.29, 1.82) is 0 Å². The van der Waals surface area contributed by atoms with Crippen LogP contribution in [0.25, 0.3) is 11.3 Å². The average molecular weight is 282 g/mol. The van der Waals surface area contributed by atoms with Crippen LogP contribution in [0.15, 0.2) is 47.4 Å². The van der Waals surface area contributed by atoms with Crippen LogP contribution in [0.4, 0.5) is 0 Å². The van der Waals surface area contributed by atoms with E-state index in [1.165, 1.54) is 12.5 Å². The Morgan fingerprint density at radius 3 is 2.38 bits per heavy atom. The van der Waals surface area contributed by atoms with E-state index in [0.29, 0.717) is 5.56 Å². The van der Waals surface area contributed by atoms with E-state index in [4.69, 9.17) is 0 Å². The quantitative estimate of drug-likeness (QED) is 0.920. The first kappa shape index (κ1) is 13.6. The van der Waals surface area contributed by atoms with Crippen LogP contribution >= 0.6 is 0 Å². The molecule has 1 fully saturated rings. The lowest BCUT2D eigenvalue weighted by Gasteiger charge is -2.26. The van der Waals surface area contributed by atoms with E-state index in [2.05, 4.69) is 4.98 Å². The molecule has 2 heterocycles. The number of hydrogen-bond acceptors (Lipinski definition) is 2. The number of benzene rings is 1. The Hall–Kier alpha value is -2.36. The smallest absolute Gasteiger partial charge is 0.253 e. The normalized spacial score (nSPS) is 15.0. The lowest BCUT2D eigenvalue weighted by molar-refractivity contribution is 0.0724. The molecule has 0 atom stereocenters. The minimum Gasteiger partial charge on any atom is -0.361 e. The Balaban J connectivity index is 1.80. The van der Waals surface area contributed by atoms with Crippen LogP contribution in [0.1, 0.15) is 29.6 Å². The largest absolute Gasteiger partial charge is 0.361 e. The van der Waals surface area contributed by atoms with E-state index in [9.17, 15) is 9.59 Å². The molecule has 1 aliphatic heterocycles. The Bertz CT molecular complexity index is 682. The average Bonchev–Trinajstić information content (AvgIpc) is 2.55. The standard InChI is InChI=1S/C17H18N2O2/c20-15-8-9-18-16(12-15)13-4-6-14(7-5-13)17(21)19-10-2-1-3-11-19/h4-9,12H,1-3,10-11H2,(H,18,20). The summed E-state index contributed by atoms with van der Waals surface area (Å²) in [4.78, 5) is 28.7. The third kappa shape index (κ3) is 3.05. The van der Waals surface area contributed by atoms with Gasteiger partial charge in [0.15, 0.2) is 5.43 Å². The fourth-order valence-corrected chi connectivity index (χ4v) is 2.68. The fourth-order valence-electron chi connectivity index (χ4n) is 2.68. The van der Waals surface area contributed by atoms with Gasteiger partial charge in [-0.3, -0.25) is 9.59 Å². The van der Waals surface area contributed by atoms with Crippen LogP contribution in [0.2, 0.25) is 0 Å². The third-order valence-electron chi connectivity index (χ3n) is 3.86. The summed E-state index contributed by atoms with van der Waals surface area (Å²) in [6.07, 6.45) is 5.03. The van der Waals surface area contributed by atoms with Gasteiger partial charge in [0.2, 0.25) is 0 Å². The van der Waals surface area contributed by atoms with Crippen LogP contribution in [0.3, 0.4) is 0 Å². The SMILES string of the molecule is O=C(c1ccc(-c2cc(=O)cc[nH]2)cc1)N1CCCCC1. The van der Waals surface area contributed by atoms with E-state index in [-0.39, 0.29) is 11.3 Å². The van der Waals surface area contributed by atoms with Gasteiger partial charge < -0.3 is 9.88 Å². The monoisotopic (exact) mass is 282 g/mol. The zero-order valence-electron chi connectivity index (χ0n) is 11.8. The molecule has 4 nitrogen and oxygen atoms in total. The lowest BCUT2D eigenvalue weighted by Crippen LogP contribution is -2.35. The van der Waals surface area contributed by atoms with Crippen LogP contribution in [-0.4, -0.2) is 28.9 Å². The first-order valence-corrected chi connectivity index (χ1v) is 7.32. The summed E-state index contributed by atoms with van der Waals surface area (Å²) in [7, 11) is 0. The zero-order valence-corrected chi connectivity index (χ0v) is 11.8. The molecule has 1 amide bonds. The topological polar surface area (TPSA) is 53.2 Å². The first-order valence-electron chi connectivity index (χ1n) is 7.32. The van der Waals surface area contributed by atoms with Gasteiger partial charge in [0.1, 0.15) is 0 Å². The van der Waals surface area contributed by atoms with Crippen molar-refractivity contribution in [2.24, 2.45) is 0 Å². The highest BCUT2D eigenvalue weighted by Gasteiger charge is 2.17. The van der Waals surface area contributed by atoms with Gasteiger partial charge in [-0.2, -0.15) is 0 Å². The molecule has 1 aromatic carbocycles. The summed E-state index contributed by atoms with van der Waals surface area (Å²) in [6.45, 7) is 1.71. The van der Waals surface area contributed by atoms with Gasteiger partial charge in [-0.25, -0.2) is 0 Å². The molecule has 1 N–H and O–H groups in total. The maximum absolute atomic E-state index is 12.4. The Labute approximate surface area is 123 Å². The van der Waals surface area contributed by atoms with Gasteiger partial charge in [-0.15, -0.1) is 0 Å². The molecular weight excluding hydrogens is 264 g/mol. The van der Waals surface area contributed by atoms with Crippen molar-refractivity contribution in [3.63, 3.8) is 0 Å². The molecule has 0 spiro atoms. The lowest BCUT2D eigenvalue weighted by atomic mass is 10.1. The number of carbonyl (C=O) groups is 1. The minimum atomic E-state index is -0.0304. The summed E-state index contributed by atoms with van der Waals surface area (Å²) in [5, 5.41) is 0. The molecule has 1 saturated heterocycles. The third-order valence-corrected chi connectivity index (χ3v) is 3.86. The molecule has 2 aromatic rings. The first-order chi connectivity index (χ1) is 10.2. The van der Waals surface area contributed by atoms with E-state index in [1.54, 1.807) is 12.3 Å². The molecule has 0 radical (unpaired) electrons. The number of nitrogens with one attached hydrogen (secondary N) is 1. The predicted octanol–water partition coefficient (Wildman–Crippen LogP) is 2.67. The van der Waals surface area contributed by atoms with E-state index in [1.807, 2.05) is 29.2 Å². The minimum absolute atomic E-state index is 0.0304. The van der Waals surface area contributed by atoms with Gasteiger partial charge in [0.25, 0.3) is 5.91 Å². The van der Waals surface area contributed by atoms with Crippen molar-refractivity contribution in [3.05, 3.63) is 58.4 Å². The number of aromatic nitrogens is 1. The van der Waals surface area contributed by atoms with Crippen LogP contribution < -0.4 is 5.43 Å². The van der Waals surface area contributed by atoms with Gasteiger partial charge in [0, 0.05) is 42.7 Å². The molecule has 1 aliphatic rings. The highest BCUT2D eigenvalue weighted by molar-refractivity contribution is 5.94. The van der Waals surface area contributed by atoms with Crippen molar-refractivity contribution >= 4 is 5.91 Å². The number of piperidine rings is 1. The molecule has 0 aliphatic carbocycles. The molecule has 0 saturated carbocycles. The maximum Gasteiger partial charge on any atom is 0.253 e. The molecule has 108 valence electrons. The number of pyridine rings is 1. The van der Waals surface area contributed by atoms with Gasteiger partial charge >= 0.3 is 0 Å². The number of hydrogen-bond donors (Lipinski definition) is 1. The fraction of sp³-hybridized carbons (Fsp3) is 0.294. The summed E-state index contributed by atoms with van der Waals surface area (Å²) < 4.78 is 0. The molecule has 21 heavy (non-hydrogen) atoms. The molecular formula is C17H18N2O2. The van der Waals surface area contributed by atoms with Gasteiger partial charge in [-0.1, -0.05) is 12.1 Å². The Morgan fingerprint density at radius 2 is 1.71 bits per heavy atom. The molecule has 3 rings (SSSR count). The van der Waals surface area contributed by atoms with Crippen molar-refractivity contribution in [2.45, 2.75) is 19.3 Å². The molecule has 1 aromatic heterocycles. The molecule has 0 bridgehead atoms. The second kappa shape index (κ2) is 5.95. The molecule has 4 heteroatoms. The van der Waals surface area contributed by atoms with Crippen LogP contribution in [-0.2, 0) is 0 Å². The van der Waals surface area contributed by atoms with E-state index >= 15 is 0 Å². The van der Waals surface area contributed by atoms with Crippen molar-refractivity contribution < 1.29 is 4.79 Å². The summed E-state index contributed by atoms with van der Waals surface area (Å²) >= 11 is 0. The second-order valence-electron chi connectivity index (χ2n) is 5.37. The number of likely N-dealkylation sites (tertiary alicyclic amines) is 1. The van der Waals surface area contributed by atoms with Crippen molar-refractivity contribution in [1.82, 2.24) is 9.88 Å². The summed E-state index contributed by atoms with van der Waals surface area (Å²) in [5.41, 5.74) is 2.35. The number of H-pyrrole nitrogens is 1. The van der Waals surface area contributed by atoms with E-state index in [0.717, 1.165) is 37.2 Å². The predicted molar refractivity (Wildman–Crippen MR) is 82.3 cm³/mol. The van der Waals surface area contributed by atoms with Crippen molar-refractivity contribution in [3.8, 4) is 11.3 Å². The zero-order chi connectivity index (χ0) is 14.7. The van der Waals surface area contributed by atoms with Crippen LogP contribution in [0, 0.1) is 0 Å². The number of amides is 1. The number of carbonyl (C=O) groups excluding carboxylic acids is 1. The maximum atomic E-state index is 12.4.